The van der Waals surface area contributed by atoms with E-state index < -0.39 is 0 Å². The average molecular weight is 260 g/mol. The number of benzene rings is 1. The topological polar surface area (TPSA) is 47.3 Å². The largest absolute Gasteiger partial charge is 0.496 e. The third-order valence-electron chi connectivity index (χ3n) is 3.27. The van der Waals surface area contributed by atoms with Crippen molar-refractivity contribution in [2.75, 3.05) is 7.11 Å². The first-order valence-corrected chi connectivity index (χ1v) is 6.37. The highest BCUT2D eigenvalue weighted by Crippen LogP contribution is 2.18. The summed E-state index contributed by atoms with van der Waals surface area (Å²) < 4.78 is 10.4. The number of aromatic nitrogens is 1. The van der Waals surface area contributed by atoms with Crippen LogP contribution >= 0.6 is 0 Å². The molecule has 1 N–H and O–H groups in total. The van der Waals surface area contributed by atoms with E-state index in [2.05, 4.69) is 29.5 Å². The van der Waals surface area contributed by atoms with Crippen molar-refractivity contribution in [1.29, 1.82) is 0 Å². The molecule has 0 spiro atoms. The summed E-state index contributed by atoms with van der Waals surface area (Å²) in [6.45, 7) is 7.54. The van der Waals surface area contributed by atoms with Gasteiger partial charge in [-0.15, -0.1) is 0 Å². The SMILES string of the molecule is COc1ccc(CNCc2c(C)noc2C)cc1C. The minimum atomic E-state index is 0.770. The van der Waals surface area contributed by atoms with Gasteiger partial charge in [0.2, 0.25) is 0 Å². The van der Waals surface area contributed by atoms with Crippen molar-refractivity contribution in [3.63, 3.8) is 0 Å². The Hall–Kier alpha value is -1.81. The molecule has 0 aliphatic carbocycles. The Balaban J connectivity index is 1.94. The summed E-state index contributed by atoms with van der Waals surface area (Å²) in [7, 11) is 1.69. The van der Waals surface area contributed by atoms with Crippen LogP contribution in [-0.4, -0.2) is 12.3 Å². The molecule has 0 aliphatic rings. The van der Waals surface area contributed by atoms with Crippen LogP contribution in [0.5, 0.6) is 5.75 Å². The van der Waals surface area contributed by atoms with E-state index in [-0.39, 0.29) is 0 Å². The fourth-order valence-corrected chi connectivity index (χ4v) is 2.14. The maximum atomic E-state index is 5.25. The first-order chi connectivity index (χ1) is 9.11. The fraction of sp³-hybridized carbons (Fsp3) is 0.400. The molecular formula is C15H20N2O2. The van der Waals surface area contributed by atoms with E-state index in [9.17, 15) is 0 Å². The van der Waals surface area contributed by atoms with E-state index in [1.807, 2.05) is 19.9 Å². The lowest BCUT2D eigenvalue weighted by Gasteiger charge is -2.08. The van der Waals surface area contributed by atoms with Crippen LogP contribution in [0, 0.1) is 20.8 Å². The maximum Gasteiger partial charge on any atom is 0.138 e. The van der Waals surface area contributed by atoms with Gasteiger partial charge in [0.1, 0.15) is 11.5 Å². The van der Waals surface area contributed by atoms with Gasteiger partial charge in [-0.3, -0.25) is 0 Å². The van der Waals surface area contributed by atoms with Crippen LogP contribution in [0.4, 0.5) is 0 Å². The van der Waals surface area contributed by atoms with Gasteiger partial charge in [-0.05, 0) is 38.0 Å². The molecular weight excluding hydrogens is 240 g/mol. The molecule has 2 aromatic rings. The molecule has 1 aromatic heterocycles. The van der Waals surface area contributed by atoms with E-state index in [0.29, 0.717) is 0 Å². The summed E-state index contributed by atoms with van der Waals surface area (Å²) in [6.07, 6.45) is 0. The van der Waals surface area contributed by atoms with Gasteiger partial charge in [-0.2, -0.15) is 0 Å². The van der Waals surface area contributed by atoms with Crippen molar-refractivity contribution >= 4 is 0 Å². The van der Waals surface area contributed by atoms with Gasteiger partial charge < -0.3 is 14.6 Å². The number of rotatable bonds is 5. The Kier molecular flexibility index (Phi) is 4.22. The Morgan fingerprint density at radius 3 is 2.58 bits per heavy atom. The van der Waals surface area contributed by atoms with Crippen molar-refractivity contribution in [3.8, 4) is 5.75 Å². The third kappa shape index (κ3) is 3.15. The van der Waals surface area contributed by atoms with E-state index in [0.717, 1.165) is 41.4 Å². The minimum absolute atomic E-state index is 0.770. The molecule has 0 unspecified atom stereocenters. The molecule has 19 heavy (non-hydrogen) atoms. The minimum Gasteiger partial charge on any atom is -0.496 e. The van der Waals surface area contributed by atoms with E-state index in [4.69, 9.17) is 9.26 Å². The molecule has 0 saturated heterocycles. The predicted octanol–water partition coefficient (Wildman–Crippen LogP) is 2.90. The molecule has 1 aromatic carbocycles. The zero-order valence-electron chi connectivity index (χ0n) is 11.9. The third-order valence-corrected chi connectivity index (χ3v) is 3.27. The monoisotopic (exact) mass is 260 g/mol. The maximum absolute atomic E-state index is 5.25. The molecule has 4 heteroatoms. The van der Waals surface area contributed by atoms with Crippen LogP contribution in [-0.2, 0) is 13.1 Å². The molecule has 0 atom stereocenters. The molecule has 0 amide bonds. The van der Waals surface area contributed by atoms with Crippen LogP contribution in [0.3, 0.4) is 0 Å². The Morgan fingerprint density at radius 1 is 1.21 bits per heavy atom. The Bertz CT molecular complexity index is 542. The van der Waals surface area contributed by atoms with E-state index in [1.165, 1.54) is 5.56 Å². The van der Waals surface area contributed by atoms with E-state index in [1.54, 1.807) is 7.11 Å². The molecule has 102 valence electrons. The molecule has 0 radical (unpaired) electrons. The summed E-state index contributed by atoms with van der Waals surface area (Å²) in [4.78, 5) is 0. The van der Waals surface area contributed by atoms with Gasteiger partial charge in [-0.25, -0.2) is 0 Å². The molecule has 4 nitrogen and oxygen atoms in total. The van der Waals surface area contributed by atoms with Crippen LogP contribution < -0.4 is 10.1 Å². The summed E-state index contributed by atoms with van der Waals surface area (Å²) in [5.74, 6) is 1.81. The summed E-state index contributed by atoms with van der Waals surface area (Å²) in [5, 5.41) is 7.36. The normalized spacial score (nSPS) is 10.7. The van der Waals surface area contributed by atoms with Crippen molar-refractivity contribution in [1.82, 2.24) is 10.5 Å². The predicted molar refractivity (Wildman–Crippen MR) is 74.3 cm³/mol. The van der Waals surface area contributed by atoms with Crippen molar-refractivity contribution in [3.05, 3.63) is 46.3 Å². The number of nitrogens with zero attached hydrogens (tertiary/aromatic N) is 1. The molecule has 0 fully saturated rings. The second-order valence-electron chi connectivity index (χ2n) is 4.71. The van der Waals surface area contributed by atoms with Crippen LogP contribution in [0.25, 0.3) is 0 Å². The van der Waals surface area contributed by atoms with Crippen LogP contribution in [0.15, 0.2) is 22.7 Å². The lowest BCUT2D eigenvalue weighted by Crippen LogP contribution is -2.13. The number of hydrogen-bond acceptors (Lipinski definition) is 4. The smallest absolute Gasteiger partial charge is 0.138 e. The highest BCUT2D eigenvalue weighted by molar-refractivity contribution is 5.36. The lowest BCUT2D eigenvalue weighted by molar-refractivity contribution is 0.392. The molecule has 0 aliphatic heterocycles. The second kappa shape index (κ2) is 5.89. The first-order valence-electron chi connectivity index (χ1n) is 6.37. The second-order valence-corrected chi connectivity index (χ2v) is 4.71. The summed E-state index contributed by atoms with van der Waals surface area (Å²) in [6, 6.07) is 6.22. The first kappa shape index (κ1) is 13.6. The van der Waals surface area contributed by atoms with Gasteiger partial charge in [-0.1, -0.05) is 17.3 Å². The van der Waals surface area contributed by atoms with E-state index >= 15 is 0 Å². The lowest BCUT2D eigenvalue weighted by atomic mass is 10.1. The van der Waals surface area contributed by atoms with Gasteiger partial charge >= 0.3 is 0 Å². The van der Waals surface area contributed by atoms with Gasteiger partial charge in [0.25, 0.3) is 0 Å². The molecule has 1 heterocycles. The standard InChI is InChI=1S/C15H20N2O2/c1-10-7-13(5-6-15(10)18-4)8-16-9-14-11(2)17-19-12(14)3/h5-7,16H,8-9H2,1-4H3. The summed E-state index contributed by atoms with van der Waals surface area (Å²) >= 11 is 0. The number of nitrogens with one attached hydrogen (secondary N) is 1. The molecule has 0 saturated carbocycles. The number of methoxy groups -OCH3 is 1. The number of ether oxygens (including phenoxy) is 1. The number of hydrogen-bond donors (Lipinski definition) is 1. The quantitative estimate of drug-likeness (QED) is 0.898. The van der Waals surface area contributed by atoms with Crippen molar-refractivity contribution in [2.24, 2.45) is 0 Å². The average Bonchev–Trinajstić information content (AvgIpc) is 2.70. The highest BCUT2D eigenvalue weighted by atomic mass is 16.5. The fourth-order valence-electron chi connectivity index (χ4n) is 2.14. The molecule has 0 bridgehead atoms. The number of aryl methyl sites for hydroxylation is 3. The highest BCUT2D eigenvalue weighted by Gasteiger charge is 2.08. The van der Waals surface area contributed by atoms with Gasteiger partial charge in [0, 0.05) is 18.7 Å². The zero-order valence-corrected chi connectivity index (χ0v) is 11.9. The zero-order chi connectivity index (χ0) is 13.8. The Labute approximate surface area is 113 Å². The summed E-state index contributed by atoms with van der Waals surface area (Å²) in [5.41, 5.74) is 4.49. The van der Waals surface area contributed by atoms with Gasteiger partial charge in [0.15, 0.2) is 0 Å². The van der Waals surface area contributed by atoms with Crippen molar-refractivity contribution < 1.29 is 9.26 Å². The van der Waals surface area contributed by atoms with Gasteiger partial charge in [0.05, 0.1) is 12.8 Å². The Morgan fingerprint density at radius 2 is 2.00 bits per heavy atom. The van der Waals surface area contributed by atoms with Crippen LogP contribution in [0.1, 0.15) is 28.1 Å². The van der Waals surface area contributed by atoms with Crippen LogP contribution in [0.2, 0.25) is 0 Å². The van der Waals surface area contributed by atoms with Crippen molar-refractivity contribution in [2.45, 2.75) is 33.9 Å². The molecule has 2 rings (SSSR count).